The molecule has 4 nitrogen and oxygen atoms in total. The molecule has 0 bridgehead atoms. The van der Waals surface area contributed by atoms with Crippen molar-refractivity contribution < 1.29 is 9.63 Å². The summed E-state index contributed by atoms with van der Waals surface area (Å²) < 4.78 is 4.93. The summed E-state index contributed by atoms with van der Waals surface area (Å²) in [4.78, 5) is 0. The third kappa shape index (κ3) is 1.52. The number of anilines is 1. The van der Waals surface area contributed by atoms with Crippen LogP contribution in [0.3, 0.4) is 0 Å². The van der Waals surface area contributed by atoms with Crippen LogP contribution in [0, 0.1) is 0 Å². The largest absolute Gasteiger partial charge is 0.508 e. The summed E-state index contributed by atoms with van der Waals surface area (Å²) in [5, 5.41) is 13.1. The van der Waals surface area contributed by atoms with E-state index in [1.807, 2.05) is 0 Å². The number of benzene rings is 1. The molecule has 1 aromatic heterocycles. The molecule has 0 saturated heterocycles. The van der Waals surface area contributed by atoms with E-state index < -0.39 is 0 Å². The number of hydrogen-bond acceptors (Lipinski definition) is 4. The van der Waals surface area contributed by atoms with Gasteiger partial charge in [-0.25, -0.2) is 0 Å². The van der Waals surface area contributed by atoms with Crippen molar-refractivity contribution in [1.82, 2.24) is 5.16 Å². The van der Waals surface area contributed by atoms with E-state index in [9.17, 15) is 0 Å². The lowest BCUT2D eigenvalue weighted by Crippen LogP contribution is -1.80. The van der Waals surface area contributed by atoms with Crippen LogP contribution in [0.1, 0.15) is 0 Å². The van der Waals surface area contributed by atoms with E-state index in [2.05, 4.69) is 5.16 Å². The average Bonchev–Trinajstić information content (AvgIpc) is 2.51. The number of nitrogen functional groups attached to an aromatic ring is 1. The van der Waals surface area contributed by atoms with Crippen molar-refractivity contribution in [1.29, 1.82) is 0 Å². The highest BCUT2D eigenvalue weighted by Crippen LogP contribution is 2.31. The van der Waals surface area contributed by atoms with Crippen molar-refractivity contribution in [2.75, 3.05) is 5.73 Å². The Balaban J connectivity index is 2.52. The highest BCUT2D eigenvalue weighted by molar-refractivity contribution is 6.33. The van der Waals surface area contributed by atoms with Crippen molar-refractivity contribution in [3.8, 4) is 17.1 Å². The first-order valence-corrected chi connectivity index (χ1v) is 4.25. The van der Waals surface area contributed by atoms with Gasteiger partial charge in [-0.05, 0) is 18.2 Å². The average molecular weight is 211 g/mol. The van der Waals surface area contributed by atoms with Gasteiger partial charge in [0.05, 0.1) is 5.02 Å². The summed E-state index contributed by atoms with van der Waals surface area (Å²) in [7, 11) is 0. The fraction of sp³-hybridized carbons (Fsp3) is 0. The Morgan fingerprint density at radius 1 is 1.36 bits per heavy atom. The summed E-state index contributed by atoms with van der Waals surface area (Å²) in [5.41, 5.74) is 6.05. The molecule has 3 N–H and O–H groups in total. The Kier molecular flexibility index (Phi) is 2.05. The number of hydrogen-bond donors (Lipinski definition) is 2. The van der Waals surface area contributed by atoms with Crippen LogP contribution in [0.5, 0.6) is 5.75 Å². The maximum atomic E-state index is 9.13. The standard InChI is InChI=1S/C9H7ClN2O2/c10-7-3-5(13)1-2-6(7)8-4-9(11)12-14-8/h1-4,13H,(H2,11,12). The fourth-order valence-electron chi connectivity index (χ4n) is 1.12. The second kappa shape index (κ2) is 3.23. The van der Waals surface area contributed by atoms with Gasteiger partial charge >= 0.3 is 0 Å². The lowest BCUT2D eigenvalue weighted by molar-refractivity contribution is 0.435. The Labute approximate surface area is 84.9 Å². The van der Waals surface area contributed by atoms with Gasteiger partial charge in [-0.3, -0.25) is 0 Å². The van der Waals surface area contributed by atoms with Gasteiger partial charge in [-0.15, -0.1) is 0 Å². The lowest BCUT2D eigenvalue weighted by atomic mass is 10.1. The minimum atomic E-state index is 0.103. The molecule has 14 heavy (non-hydrogen) atoms. The van der Waals surface area contributed by atoms with Crippen LogP contribution in [-0.2, 0) is 0 Å². The van der Waals surface area contributed by atoms with E-state index in [1.54, 1.807) is 12.1 Å². The number of nitrogens with two attached hydrogens (primary N) is 1. The number of nitrogens with zero attached hydrogens (tertiary/aromatic N) is 1. The molecule has 0 unspecified atom stereocenters. The molecule has 2 rings (SSSR count). The number of phenolic OH excluding ortho intramolecular Hbond substituents is 1. The summed E-state index contributed by atoms with van der Waals surface area (Å²) in [6.07, 6.45) is 0. The second-order valence-electron chi connectivity index (χ2n) is 2.78. The molecule has 72 valence electrons. The topological polar surface area (TPSA) is 72.3 Å². The minimum absolute atomic E-state index is 0.103. The highest BCUT2D eigenvalue weighted by atomic mass is 35.5. The van der Waals surface area contributed by atoms with Gasteiger partial charge in [0.15, 0.2) is 11.6 Å². The van der Waals surface area contributed by atoms with Crippen molar-refractivity contribution in [3.05, 3.63) is 29.3 Å². The first-order valence-electron chi connectivity index (χ1n) is 3.88. The summed E-state index contributed by atoms with van der Waals surface area (Å²) >= 11 is 5.88. The van der Waals surface area contributed by atoms with Crippen molar-refractivity contribution in [2.24, 2.45) is 0 Å². The van der Waals surface area contributed by atoms with Crippen LogP contribution >= 0.6 is 11.6 Å². The maximum Gasteiger partial charge on any atom is 0.170 e. The quantitative estimate of drug-likeness (QED) is 0.758. The predicted molar refractivity (Wildman–Crippen MR) is 53.0 cm³/mol. The zero-order valence-corrected chi connectivity index (χ0v) is 7.82. The monoisotopic (exact) mass is 210 g/mol. The van der Waals surface area contributed by atoms with E-state index in [4.69, 9.17) is 27.0 Å². The third-order valence-electron chi connectivity index (χ3n) is 1.75. The molecule has 5 heteroatoms. The van der Waals surface area contributed by atoms with Gasteiger partial charge in [0.25, 0.3) is 0 Å². The zero-order chi connectivity index (χ0) is 10.1. The Bertz CT molecular complexity index is 468. The summed E-state index contributed by atoms with van der Waals surface area (Å²) in [5.74, 6) is 0.878. The van der Waals surface area contributed by atoms with Gasteiger partial charge < -0.3 is 15.4 Å². The van der Waals surface area contributed by atoms with Crippen LogP contribution in [0.25, 0.3) is 11.3 Å². The van der Waals surface area contributed by atoms with Crippen LogP contribution in [0.4, 0.5) is 5.82 Å². The number of phenols is 1. The Morgan fingerprint density at radius 2 is 2.14 bits per heavy atom. The van der Waals surface area contributed by atoms with E-state index in [-0.39, 0.29) is 5.75 Å². The van der Waals surface area contributed by atoms with Crippen molar-refractivity contribution >= 4 is 17.4 Å². The van der Waals surface area contributed by atoms with Gasteiger partial charge in [-0.2, -0.15) is 0 Å². The molecule has 0 fully saturated rings. The molecular formula is C9H7ClN2O2. The van der Waals surface area contributed by atoms with Gasteiger partial charge in [0.1, 0.15) is 5.75 Å². The molecule has 2 aromatic rings. The normalized spacial score (nSPS) is 10.4. The van der Waals surface area contributed by atoms with Crippen molar-refractivity contribution in [3.63, 3.8) is 0 Å². The zero-order valence-electron chi connectivity index (χ0n) is 7.07. The first-order chi connectivity index (χ1) is 6.66. The van der Waals surface area contributed by atoms with Gasteiger partial charge in [0, 0.05) is 11.6 Å². The minimum Gasteiger partial charge on any atom is -0.508 e. The molecule has 0 aliphatic carbocycles. The van der Waals surface area contributed by atoms with E-state index in [0.717, 1.165) is 0 Å². The predicted octanol–water partition coefficient (Wildman–Crippen LogP) is 2.28. The lowest BCUT2D eigenvalue weighted by Gasteiger charge is -1.99. The van der Waals surface area contributed by atoms with Crippen LogP contribution in [-0.4, -0.2) is 10.3 Å². The van der Waals surface area contributed by atoms with Crippen LogP contribution < -0.4 is 5.73 Å². The summed E-state index contributed by atoms with van der Waals surface area (Å²) in [6, 6.07) is 6.14. The highest BCUT2D eigenvalue weighted by Gasteiger charge is 2.09. The molecule has 0 radical (unpaired) electrons. The van der Waals surface area contributed by atoms with E-state index >= 15 is 0 Å². The maximum absolute atomic E-state index is 9.13. The molecule has 0 amide bonds. The first kappa shape index (κ1) is 8.90. The number of aromatic hydroxyl groups is 1. The molecular weight excluding hydrogens is 204 g/mol. The Morgan fingerprint density at radius 3 is 2.71 bits per heavy atom. The smallest absolute Gasteiger partial charge is 0.170 e. The second-order valence-corrected chi connectivity index (χ2v) is 3.19. The van der Waals surface area contributed by atoms with Crippen molar-refractivity contribution in [2.45, 2.75) is 0 Å². The molecule has 0 saturated carbocycles. The number of halogens is 1. The van der Waals surface area contributed by atoms with E-state index in [1.165, 1.54) is 12.1 Å². The molecule has 0 atom stereocenters. The number of rotatable bonds is 1. The van der Waals surface area contributed by atoms with Gasteiger partial charge in [-0.1, -0.05) is 16.8 Å². The third-order valence-corrected chi connectivity index (χ3v) is 2.06. The van der Waals surface area contributed by atoms with Crippen LogP contribution in [0.15, 0.2) is 28.8 Å². The number of aromatic nitrogens is 1. The SMILES string of the molecule is Nc1cc(-c2ccc(O)cc2Cl)on1. The fourth-order valence-corrected chi connectivity index (χ4v) is 1.39. The van der Waals surface area contributed by atoms with Crippen LogP contribution in [0.2, 0.25) is 5.02 Å². The molecule has 0 aliphatic rings. The van der Waals surface area contributed by atoms with Gasteiger partial charge in [0.2, 0.25) is 0 Å². The van der Waals surface area contributed by atoms with E-state index in [0.29, 0.717) is 22.2 Å². The molecule has 0 spiro atoms. The summed E-state index contributed by atoms with van der Waals surface area (Å²) in [6.45, 7) is 0. The molecule has 1 aromatic carbocycles. The molecule has 0 aliphatic heterocycles. The Hall–Kier alpha value is -1.68. The molecule has 1 heterocycles.